The Balaban J connectivity index is 2.41. The number of likely N-dealkylation sites (N-methyl/N-ethyl adjacent to an activating group) is 1. The summed E-state index contributed by atoms with van der Waals surface area (Å²) in [6.45, 7) is 6.26. The van der Waals surface area contributed by atoms with Crippen LogP contribution in [0, 0.1) is 0 Å². The summed E-state index contributed by atoms with van der Waals surface area (Å²) in [6.07, 6.45) is 3.67. The Morgan fingerprint density at radius 1 is 1.39 bits per heavy atom. The summed E-state index contributed by atoms with van der Waals surface area (Å²) in [5, 5.41) is 6.31. The van der Waals surface area contributed by atoms with Crippen molar-refractivity contribution >= 4 is 11.9 Å². The standard InChI is InChI=1S/C13H26N4O/c1-13(2,3)16-11(18)9-17(5)12(14-4)15-10-7-6-8-10/h10H,6-9H2,1-5H3,(H,14,15)(H,16,18). The molecule has 0 saturated heterocycles. The van der Waals surface area contributed by atoms with E-state index in [2.05, 4.69) is 15.6 Å². The van der Waals surface area contributed by atoms with Crippen LogP contribution in [0.25, 0.3) is 0 Å². The van der Waals surface area contributed by atoms with Crippen molar-refractivity contribution in [3.05, 3.63) is 0 Å². The van der Waals surface area contributed by atoms with Gasteiger partial charge in [0, 0.05) is 25.7 Å². The van der Waals surface area contributed by atoms with Gasteiger partial charge in [-0.15, -0.1) is 0 Å². The van der Waals surface area contributed by atoms with Crippen molar-refractivity contribution in [1.29, 1.82) is 0 Å². The van der Waals surface area contributed by atoms with E-state index in [0.29, 0.717) is 12.6 Å². The molecule has 0 atom stereocenters. The van der Waals surface area contributed by atoms with Gasteiger partial charge in [0.2, 0.25) is 5.91 Å². The molecule has 5 heteroatoms. The second-order valence-electron chi connectivity index (χ2n) is 5.97. The zero-order valence-corrected chi connectivity index (χ0v) is 12.2. The van der Waals surface area contributed by atoms with Crippen LogP contribution in [-0.4, -0.2) is 49.0 Å². The maximum Gasteiger partial charge on any atom is 0.240 e. The van der Waals surface area contributed by atoms with E-state index in [1.54, 1.807) is 7.05 Å². The molecule has 1 fully saturated rings. The first kappa shape index (κ1) is 14.8. The molecule has 1 saturated carbocycles. The minimum atomic E-state index is -0.192. The number of carbonyl (C=O) groups excluding carboxylic acids is 1. The summed E-state index contributed by atoms with van der Waals surface area (Å²) in [5.41, 5.74) is -0.192. The van der Waals surface area contributed by atoms with Crippen LogP contribution >= 0.6 is 0 Å². The van der Waals surface area contributed by atoms with Gasteiger partial charge in [-0.3, -0.25) is 9.79 Å². The van der Waals surface area contributed by atoms with Crippen molar-refractivity contribution in [2.45, 2.75) is 51.6 Å². The molecule has 0 aromatic heterocycles. The lowest BCUT2D eigenvalue weighted by atomic mass is 9.93. The van der Waals surface area contributed by atoms with Crippen molar-refractivity contribution in [3.63, 3.8) is 0 Å². The van der Waals surface area contributed by atoms with Gasteiger partial charge in [-0.2, -0.15) is 0 Å². The molecule has 0 spiro atoms. The third-order valence-electron chi connectivity index (χ3n) is 2.91. The highest BCUT2D eigenvalue weighted by molar-refractivity contribution is 5.86. The highest BCUT2D eigenvalue weighted by Crippen LogP contribution is 2.18. The number of rotatable bonds is 3. The molecule has 1 aliphatic carbocycles. The highest BCUT2D eigenvalue weighted by atomic mass is 16.2. The van der Waals surface area contributed by atoms with Gasteiger partial charge in [-0.1, -0.05) is 0 Å². The molecule has 1 rings (SSSR count). The number of nitrogens with one attached hydrogen (secondary N) is 2. The quantitative estimate of drug-likeness (QED) is 0.582. The summed E-state index contributed by atoms with van der Waals surface area (Å²) in [6, 6.07) is 0.525. The number of aliphatic imine (C=N–C) groups is 1. The van der Waals surface area contributed by atoms with Crippen LogP contribution in [0.3, 0.4) is 0 Å². The number of carbonyl (C=O) groups is 1. The van der Waals surface area contributed by atoms with Crippen LogP contribution in [0.5, 0.6) is 0 Å². The Labute approximate surface area is 110 Å². The van der Waals surface area contributed by atoms with E-state index in [0.717, 1.165) is 5.96 Å². The fourth-order valence-corrected chi connectivity index (χ4v) is 1.83. The van der Waals surface area contributed by atoms with E-state index in [-0.39, 0.29) is 11.4 Å². The lowest BCUT2D eigenvalue weighted by Gasteiger charge is -2.32. The van der Waals surface area contributed by atoms with E-state index >= 15 is 0 Å². The molecule has 0 aromatic rings. The van der Waals surface area contributed by atoms with Gasteiger partial charge in [0.15, 0.2) is 5.96 Å². The largest absolute Gasteiger partial charge is 0.354 e. The summed E-state index contributed by atoms with van der Waals surface area (Å²) < 4.78 is 0. The van der Waals surface area contributed by atoms with Crippen molar-refractivity contribution in [2.75, 3.05) is 20.6 Å². The number of hydrogen-bond donors (Lipinski definition) is 2. The molecule has 0 unspecified atom stereocenters. The number of amides is 1. The monoisotopic (exact) mass is 254 g/mol. The Bertz CT molecular complexity index is 315. The molecule has 0 bridgehead atoms. The summed E-state index contributed by atoms with van der Waals surface area (Å²) >= 11 is 0. The maximum atomic E-state index is 11.8. The molecule has 0 heterocycles. The second kappa shape index (κ2) is 6.07. The van der Waals surface area contributed by atoms with Crippen LogP contribution in [-0.2, 0) is 4.79 Å². The van der Waals surface area contributed by atoms with Crippen LogP contribution in [0.15, 0.2) is 4.99 Å². The predicted molar refractivity (Wildman–Crippen MR) is 74.7 cm³/mol. The lowest BCUT2D eigenvalue weighted by Crippen LogP contribution is -2.51. The Hall–Kier alpha value is -1.26. The molecule has 0 radical (unpaired) electrons. The van der Waals surface area contributed by atoms with Gasteiger partial charge < -0.3 is 15.5 Å². The van der Waals surface area contributed by atoms with Gasteiger partial charge in [0.05, 0.1) is 6.54 Å². The molecule has 5 nitrogen and oxygen atoms in total. The van der Waals surface area contributed by atoms with Gasteiger partial charge in [-0.05, 0) is 40.0 Å². The molecule has 0 aliphatic heterocycles. The van der Waals surface area contributed by atoms with Crippen molar-refractivity contribution < 1.29 is 4.79 Å². The summed E-state index contributed by atoms with van der Waals surface area (Å²) in [5.74, 6) is 0.810. The SMILES string of the molecule is CN=C(NC1CCC1)N(C)CC(=O)NC(C)(C)C. The first-order chi connectivity index (χ1) is 8.31. The first-order valence-corrected chi connectivity index (χ1v) is 6.57. The molecule has 18 heavy (non-hydrogen) atoms. The van der Waals surface area contributed by atoms with Gasteiger partial charge in [0.25, 0.3) is 0 Å². The smallest absolute Gasteiger partial charge is 0.240 e. The Morgan fingerprint density at radius 3 is 2.39 bits per heavy atom. The minimum Gasteiger partial charge on any atom is -0.354 e. The van der Waals surface area contributed by atoms with Crippen molar-refractivity contribution in [2.24, 2.45) is 4.99 Å². The number of guanidine groups is 1. The summed E-state index contributed by atoms with van der Waals surface area (Å²) in [7, 11) is 3.63. The van der Waals surface area contributed by atoms with E-state index in [1.807, 2.05) is 32.7 Å². The van der Waals surface area contributed by atoms with Crippen molar-refractivity contribution in [3.8, 4) is 0 Å². The molecular weight excluding hydrogens is 228 g/mol. The number of hydrogen-bond acceptors (Lipinski definition) is 2. The van der Waals surface area contributed by atoms with E-state index in [4.69, 9.17) is 0 Å². The fraction of sp³-hybridized carbons (Fsp3) is 0.846. The van der Waals surface area contributed by atoms with Gasteiger partial charge in [-0.25, -0.2) is 0 Å². The summed E-state index contributed by atoms with van der Waals surface area (Å²) in [4.78, 5) is 17.9. The lowest BCUT2D eigenvalue weighted by molar-refractivity contribution is -0.122. The highest BCUT2D eigenvalue weighted by Gasteiger charge is 2.21. The van der Waals surface area contributed by atoms with Crippen molar-refractivity contribution in [1.82, 2.24) is 15.5 Å². The van der Waals surface area contributed by atoms with Crippen LogP contribution < -0.4 is 10.6 Å². The maximum absolute atomic E-state index is 11.8. The van der Waals surface area contributed by atoms with E-state index in [1.165, 1.54) is 19.3 Å². The molecule has 104 valence electrons. The first-order valence-electron chi connectivity index (χ1n) is 6.57. The second-order valence-corrected chi connectivity index (χ2v) is 5.97. The molecule has 1 aliphatic rings. The third-order valence-corrected chi connectivity index (χ3v) is 2.91. The fourth-order valence-electron chi connectivity index (χ4n) is 1.83. The normalized spacial score (nSPS) is 17.1. The van der Waals surface area contributed by atoms with Gasteiger partial charge >= 0.3 is 0 Å². The van der Waals surface area contributed by atoms with Crippen LogP contribution in [0.2, 0.25) is 0 Å². The van der Waals surface area contributed by atoms with Crippen LogP contribution in [0.4, 0.5) is 0 Å². The average Bonchev–Trinajstić information content (AvgIpc) is 2.12. The van der Waals surface area contributed by atoms with Gasteiger partial charge in [0.1, 0.15) is 0 Å². The van der Waals surface area contributed by atoms with Crippen LogP contribution in [0.1, 0.15) is 40.0 Å². The Kier molecular flexibility index (Phi) is 4.99. The Morgan fingerprint density at radius 2 is 2.00 bits per heavy atom. The van der Waals surface area contributed by atoms with E-state index < -0.39 is 0 Å². The third kappa shape index (κ3) is 4.94. The molecule has 1 amide bonds. The average molecular weight is 254 g/mol. The molecule has 0 aromatic carbocycles. The topological polar surface area (TPSA) is 56.7 Å². The predicted octanol–water partition coefficient (Wildman–Crippen LogP) is 0.961. The minimum absolute atomic E-state index is 0.0153. The molecular formula is C13H26N4O. The zero-order chi connectivity index (χ0) is 13.8. The molecule has 2 N–H and O–H groups in total. The number of nitrogens with zero attached hydrogens (tertiary/aromatic N) is 2. The zero-order valence-electron chi connectivity index (χ0n) is 12.2. The van der Waals surface area contributed by atoms with E-state index in [9.17, 15) is 4.79 Å².